The topological polar surface area (TPSA) is 88.6 Å². The molecule has 1 aromatic heterocycles. The molecule has 1 aromatic carbocycles. The smallest absolute Gasteiger partial charge is 0.224 e. The Hall–Kier alpha value is -2.42. The highest BCUT2D eigenvalue weighted by molar-refractivity contribution is 7.18. The molecule has 7 nitrogen and oxygen atoms in total. The number of Topliss-reactive ketones (excluding diaryl/α,β-unsaturated/α-hetero) is 2. The van der Waals surface area contributed by atoms with Gasteiger partial charge in [-0.15, -0.1) is 11.3 Å². The number of nitrogens with zero attached hydrogens (tertiary/aromatic N) is 2. The van der Waals surface area contributed by atoms with Crippen molar-refractivity contribution in [2.75, 3.05) is 32.8 Å². The van der Waals surface area contributed by atoms with E-state index in [1.54, 1.807) is 11.3 Å². The number of likely N-dealkylation sites (tertiary alicyclic amines) is 1. The fraction of sp³-hybridized carbons (Fsp3) is 0.636. The third-order valence-electron chi connectivity index (χ3n) is 8.55. The number of thiazole rings is 1. The Morgan fingerprint density at radius 1 is 1.15 bits per heavy atom. The van der Waals surface area contributed by atoms with Gasteiger partial charge in [-0.2, -0.15) is 0 Å². The standard InChI is InChI=1S/C33H47N3O4S/c1-4-8-27(37)20-26(21-32-34-29-10-9-24(5-2)19-31(29)41-32)33(39)35-28(25-13-17-40-18-14-25)11-12-30(38)23(3)22-36-15-6-7-16-36/h9-10,19,25-26,28H,3-8,11-18,20-22H2,1-2H3,(H,35,39)/t26-,28+/m0/s1. The van der Waals surface area contributed by atoms with Gasteiger partial charge in [0.15, 0.2) is 5.78 Å². The first kappa shape index (κ1) is 31.5. The number of carbonyl (C=O) groups excluding carboxylic acids is 3. The zero-order valence-electron chi connectivity index (χ0n) is 24.9. The molecule has 0 radical (unpaired) electrons. The molecule has 2 aliphatic heterocycles. The second-order valence-electron chi connectivity index (χ2n) is 11.8. The zero-order chi connectivity index (χ0) is 29.2. The number of ketones is 2. The molecule has 3 heterocycles. The summed E-state index contributed by atoms with van der Waals surface area (Å²) in [6, 6.07) is 6.17. The van der Waals surface area contributed by atoms with Crippen LogP contribution in [0, 0.1) is 11.8 Å². The van der Waals surface area contributed by atoms with Gasteiger partial charge in [-0.1, -0.05) is 26.5 Å². The largest absolute Gasteiger partial charge is 0.381 e. The van der Waals surface area contributed by atoms with Gasteiger partial charge in [0, 0.05) is 57.1 Å². The van der Waals surface area contributed by atoms with Gasteiger partial charge in [0.05, 0.1) is 21.1 Å². The van der Waals surface area contributed by atoms with Crippen molar-refractivity contribution in [2.24, 2.45) is 11.8 Å². The van der Waals surface area contributed by atoms with E-state index < -0.39 is 5.92 Å². The minimum atomic E-state index is -0.483. The predicted molar refractivity (Wildman–Crippen MR) is 165 cm³/mol. The number of aromatic nitrogens is 1. The summed E-state index contributed by atoms with van der Waals surface area (Å²) in [7, 11) is 0. The number of aryl methyl sites for hydroxylation is 1. The third kappa shape index (κ3) is 9.29. The van der Waals surface area contributed by atoms with Crippen LogP contribution in [0.15, 0.2) is 30.4 Å². The number of hydrogen-bond donors (Lipinski definition) is 1. The van der Waals surface area contributed by atoms with Gasteiger partial charge < -0.3 is 10.1 Å². The molecule has 8 heteroatoms. The van der Waals surface area contributed by atoms with Gasteiger partial charge in [0.1, 0.15) is 5.78 Å². The van der Waals surface area contributed by atoms with Crippen molar-refractivity contribution >= 4 is 39.0 Å². The molecule has 0 spiro atoms. The SMILES string of the molecule is C=C(CN1CCCC1)C(=O)CC[C@@H](NC(=O)[C@@H](CC(=O)CCC)Cc1nc2ccc(CC)cc2s1)C1CCOCC1. The second-order valence-corrected chi connectivity index (χ2v) is 12.9. The first-order valence-electron chi connectivity index (χ1n) is 15.6. The van der Waals surface area contributed by atoms with E-state index in [0.717, 1.165) is 54.0 Å². The van der Waals surface area contributed by atoms with E-state index in [-0.39, 0.29) is 35.9 Å². The van der Waals surface area contributed by atoms with Gasteiger partial charge in [-0.25, -0.2) is 4.98 Å². The Balaban J connectivity index is 1.45. The molecule has 2 saturated heterocycles. The Morgan fingerprint density at radius 3 is 2.61 bits per heavy atom. The quantitative estimate of drug-likeness (QED) is 0.256. The molecule has 2 atom stereocenters. The number of fused-ring (bicyclic) bond motifs is 1. The Bertz CT molecular complexity index is 1200. The third-order valence-corrected chi connectivity index (χ3v) is 9.59. The number of amides is 1. The van der Waals surface area contributed by atoms with Crippen LogP contribution >= 0.6 is 11.3 Å². The zero-order valence-corrected chi connectivity index (χ0v) is 25.7. The minimum absolute atomic E-state index is 0.0822. The Kier molecular flexibility index (Phi) is 12.1. The summed E-state index contributed by atoms with van der Waals surface area (Å²) in [4.78, 5) is 46.7. The van der Waals surface area contributed by atoms with Crippen LogP contribution < -0.4 is 5.32 Å². The minimum Gasteiger partial charge on any atom is -0.381 e. The number of benzene rings is 1. The molecular weight excluding hydrogens is 534 g/mol. The lowest BCUT2D eigenvalue weighted by atomic mass is 9.86. The van der Waals surface area contributed by atoms with E-state index in [9.17, 15) is 14.4 Å². The molecule has 0 aliphatic carbocycles. The molecule has 2 fully saturated rings. The molecule has 2 aliphatic rings. The van der Waals surface area contributed by atoms with Crippen LogP contribution in [0.3, 0.4) is 0 Å². The van der Waals surface area contributed by atoms with Crippen LogP contribution in [-0.4, -0.2) is 66.2 Å². The van der Waals surface area contributed by atoms with E-state index in [4.69, 9.17) is 9.72 Å². The van der Waals surface area contributed by atoms with Crippen LogP contribution in [0.25, 0.3) is 10.2 Å². The van der Waals surface area contributed by atoms with Crippen molar-refractivity contribution in [3.05, 3.63) is 40.9 Å². The van der Waals surface area contributed by atoms with Crippen molar-refractivity contribution in [1.82, 2.24) is 15.2 Å². The van der Waals surface area contributed by atoms with E-state index in [0.29, 0.717) is 51.0 Å². The lowest BCUT2D eigenvalue weighted by molar-refractivity contribution is -0.130. The lowest BCUT2D eigenvalue weighted by Gasteiger charge is -2.32. The summed E-state index contributed by atoms with van der Waals surface area (Å²) in [5.41, 5.74) is 2.86. The monoisotopic (exact) mass is 581 g/mol. The Labute approximate surface area is 249 Å². The first-order valence-corrected chi connectivity index (χ1v) is 16.4. The maximum Gasteiger partial charge on any atom is 0.224 e. The van der Waals surface area contributed by atoms with E-state index >= 15 is 0 Å². The molecule has 2 aromatic rings. The predicted octanol–water partition coefficient (Wildman–Crippen LogP) is 5.69. The number of nitrogens with one attached hydrogen (secondary N) is 1. The van der Waals surface area contributed by atoms with Gasteiger partial charge in [-0.05, 0) is 81.6 Å². The van der Waals surface area contributed by atoms with Crippen molar-refractivity contribution < 1.29 is 19.1 Å². The number of hydrogen-bond acceptors (Lipinski definition) is 7. The summed E-state index contributed by atoms with van der Waals surface area (Å²) < 4.78 is 6.71. The molecule has 4 rings (SSSR count). The van der Waals surface area contributed by atoms with Crippen LogP contribution in [0.4, 0.5) is 0 Å². The molecule has 0 saturated carbocycles. The van der Waals surface area contributed by atoms with Gasteiger partial charge in [0.2, 0.25) is 5.91 Å². The normalized spacial score (nSPS) is 17.9. The van der Waals surface area contributed by atoms with Crippen LogP contribution in [0.2, 0.25) is 0 Å². The highest BCUT2D eigenvalue weighted by Crippen LogP contribution is 2.28. The molecule has 41 heavy (non-hydrogen) atoms. The summed E-state index contributed by atoms with van der Waals surface area (Å²) in [5, 5.41) is 4.19. The first-order chi connectivity index (χ1) is 19.9. The van der Waals surface area contributed by atoms with Crippen molar-refractivity contribution in [3.63, 3.8) is 0 Å². The second kappa shape index (κ2) is 15.7. The number of ether oxygens (including phenoxy) is 1. The molecule has 1 N–H and O–H groups in total. The molecule has 0 unspecified atom stereocenters. The fourth-order valence-corrected chi connectivity index (χ4v) is 7.17. The number of rotatable bonds is 16. The summed E-state index contributed by atoms with van der Waals surface area (Å²) in [6.07, 6.45) is 7.85. The molecule has 1 amide bonds. The highest BCUT2D eigenvalue weighted by atomic mass is 32.1. The van der Waals surface area contributed by atoms with Crippen LogP contribution in [-0.2, 0) is 32.0 Å². The summed E-state index contributed by atoms with van der Waals surface area (Å²) in [6.45, 7) is 12.2. The fourth-order valence-electron chi connectivity index (χ4n) is 6.05. The van der Waals surface area contributed by atoms with Gasteiger partial charge in [-0.3, -0.25) is 19.3 Å². The highest BCUT2D eigenvalue weighted by Gasteiger charge is 2.30. The summed E-state index contributed by atoms with van der Waals surface area (Å²) in [5.74, 6) is -0.155. The van der Waals surface area contributed by atoms with Gasteiger partial charge in [0.25, 0.3) is 0 Å². The van der Waals surface area contributed by atoms with Crippen LogP contribution in [0.5, 0.6) is 0 Å². The lowest BCUT2D eigenvalue weighted by Crippen LogP contribution is -2.46. The number of carbonyl (C=O) groups is 3. The van der Waals surface area contributed by atoms with Crippen molar-refractivity contribution in [2.45, 2.75) is 90.5 Å². The summed E-state index contributed by atoms with van der Waals surface area (Å²) >= 11 is 1.61. The van der Waals surface area contributed by atoms with Crippen LogP contribution in [0.1, 0.15) is 82.2 Å². The average molecular weight is 582 g/mol. The van der Waals surface area contributed by atoms with E-state index in [1.807, 2.05) is 13.0 Å². The average Bonchev–Trinajstić information content (AvgIpc) is 3.64. The maximum atomic E-state index is 13.8. The van der Waals surface area contributed by atoms with Crippen molar-refractivity contribution in [3.8, 4) is 0 Å². The van der Waals surface area contributed by atoms with Crippen molar-refractivity contribution in [1.29, 1.82) is 0 Å². The molecular formula is C33H47N3O4S. The maximum absolute atomic E-state index is 13.8. The van der Waals surface area contributed by atoms with E-state index in [1.165, 1.54) is 18.4 Å². The molecule has 224 valence electrons. The van der Waals surface area contributed by atoms with Gasteiger partial charge >= 0.3 is 0 Å². The molecule has 0 bridgehead atoms. The van der Waals surface area contributed by atoms with E-state index in [2.05, 4.69) is 35.9 Å². The Morgan fingerprint density at radius 2 is 1.90 bits per heavy atom.